The topological polar surface area (TPSA) is 64.7 Å². The van der Waals surface area contributed by atoms with Crippen LogP contribution in [0, 0.1) is 0 Å². The van der Waals surface area contributed by atoms with Gasteiger partial charge in [-0.1, -0.05) is 58.3 Å². The van der Waals surface area contributed by atoms with Crippen molar-refractivity contribution in [3.05, 3.63) is 23.8 Å². The molecule has 0 spiro atoms. The van der Waals surface area contributed by atoms with E-state index in [0.29, 0.717) is 24.2 Å². The van der Waals surface area contributed by atoms with Crippen LogP contribution >= 0.6 is 0 Å². The van der Waals surface area contributed by atoms with Crippen LogP contribution < -0.4 is 15.5 Å². The van der Waals surface area contributed by atoms with Gasteiger partial charge >= 0.3 is 0 Å². The van der Waals surface area contributed by atoms with Crippen molar-refractivity contribution in [2.24, 2.45) is 0 Å². The van der Waals surface area contributed by atoms with Crippen molar-refractivity contribution < 1.29 is 9.59 Å². The Bertz CT molecular complexity index is 729. The van der Waals surface area contributed by atoms with Crippen LogP contribution in [0.4, 0.5) is 11.4 Å². The first kappa shape index (κ1) is 28.2. The Morgan fingerprint density at radius 3 is 2.21 bits per heavy atom. The number of amides is 2. The maximum atomic E-state index is 13.0. The van der Waals surface area contributed by atoms with Crippen LogP contribution in [0.5, 0.6) is 0 Å². The van der Waals surface area contributed by atoms with E-state index in [0.717, 1.165) is 57.4 Å². The Hall–Kier alpha value is -2.08. The molecule has 2 rings (SSSR count). The lowest BCUT2D eigenvalue weighted by Crippen LogP contribution is -2.29. The molecule has 1 aliphatic heterocycles. The molecule has 1 aromatic rings. The zero-order valence-corrected chi connectivity index (χ0v) is 22.0. The molecule has 1 fully saturated rings. The largest absolute Gasteiger partial charge is 0.371 e. The van der Waals surface area contributed by atoms with Crippen molar-refractivity contribution >= 4 is 23.2 Å². The average molecular weight is 473 g/mol. The van der Waals surface area contributed by atoms with E-state index in [9.17, 15) is 9.59 Å². The minimum atomic E-state index is -0.0595. The molecule has 1 aliphatic rings. The van der Waals surface area contributed by atoms with Gasteiger partial charge in [0.15, 0.2) is 0 Å². The van der Waals surface area contributed by atoms with Gasteiger partial charge in [-0.25, -0.2) is 0 Å². The predicted octanol–water partition coefficient (Wildman–Crippen LogP) is 5.83. The first-order chi connectivity index (χ1) is 16.5. The molecule has 1 saturated heterocycles. The third-order valence-electron chi connectivity index (χ3n) is 6.55. The predicted molar refractivity (Wildman–Crippen MR) is 144 cm³/mol. The lowest BCUT2D eigenvalue weighted by Gasteiger charge is -2.22. The molecular formula is C28H48N4O2. The molecular weight excluding hydrogens is 424 g/mol. The number of nitrogens with zero attached hydrogens (tertiary/aromatic N) is 2. The molecule has 34 heavy (non-hydrogen) atoms. The zero-order valence-electron chi connectivity index (χ0n) is 22.0. The van der Waals surface area contributed by atoms with Crippen LogP contribution in [0.2, 0.25) is 0 Å². The van der Waals surface area contributed by atoms with Gasteiger partial charge < -0.3 is 20.4 Å². The summed E-state index contributed by atoms with van der Waals surface area (Å²) < 4.78 is 0. The molecule has 0 radical (unpaired) electrons. The second-order valence-electron chi connectivity index (χ2n) is 9.97. The van der Waals surface area contributed by atoms with Gasteiger partial charge in [0, 0.05) is 37.4 Å². The number of benzene rings is 1. The number of rotatable bonds is 17. The van der Waals surface area contributed by atoms with E-state index >= 15 is 0 Å². The molecule has 192 valence electrons. The van der Waals surface area contributed by atoms with E-state index in [4.69, 9.17) is 0 Å². The van der Waals surface area contributed by atoms with Gasteiger partial charge in [-0.05, 0) is 64.5 Å². The van der Waals surface area contributed by atoms with E-state index in [1.165, 1.54) is 44.9 Å². The highest BCUT2D eigenvalue weighted by molar-refractivity contribution is 6.02. The van der Waals surface area contributed by atoms with Crippen LogP contribution in [0.3, 0.4) is 0 Å². The van der Waals surface area contributed by atoms with E-state index in [1.807, 2.05) is 32.3 Å². The van der Waals surface area contributed by atoms with Crippen LogP contribution in [-0.4, -0.2) is 57.0 Å². The van der Waals surface area contributed by atoms with Crippen LogP contribution in [0.15, 0.2) is 18.2 Å². The standard InChI is InChI=1S/C28H48N4O2/c1-4-5-6-7-8-9-10-11-12-16-27(33)30-24-17-18-26(32-21-13-14-22-32)25(23-24)28(34)29-19-15-20-31(2)3/h17-18,23H,4-16,19-22H2,1-3H3,(H,29,34)(H,30,33). The van der Waals surface area contributed by atoms with Crippen molar-refractivity contribution in [3.8, 4) is 0 Å². The number of hydrogen-bond donors (Lipinski definition) is 2. The summed E-state index contributed by atoms with van der Waals surface area (Å²) >= 11 is 0. The monoisotopic (exact) mass is 472 g/mol. The van der Waals surface area contributed by atoms with Crippen LogP contribution in [0.1, 0.15) is 101 Å². The fraction of sp³-hybridized carbons (Fsp3) is 0.714. The smallest absolute Gasteiger partial charge is 0.253 e. The Kier molecular flexibility index (Phi) is 13.7. The number of carbonyl (C=O) groups excluding carboxylic acids is 2. The maximum Gasteiger partial charge on any atom is 0.253 e. The number of unbranched alkanes of at least 4 members (excludes halogenated alkanes) is 8. The lowest BCUT2D eigenvalue weighted by atomic mass is 10.1. The summed E-state index contributed by atoms with van der Waals surface area (Å²) in [5, 5.41) is 6.08. The van der Waals surface area contributed by atoms with Gasteiger partial charge in [-0.15, -0.1) is 0 Å². The molecule has 2 amide bonds. The van der Waals surface area contributed by atoms with E-state index in [-0.39, 0.29) is 11.8 Å². The minimum absolute atomic E-state index is 0.0363. The molecule has 6 heteroatoms. The number of nitrogens with one attached hydrogen (secondary N) is 2. The highest BCUT2D eigenvalue weighted by Crippen LogP contribution is 2.28. The molecule has 0 aromatic heterocycles. The summed E-state index contributed by atoms with van der Waals surface area (Å²) in [7, 11) is 4.07. The first-order valence-corrected chi connectivity index (χ1v) is 13.6. The van der Waals surface area contributed by atoms with Crippen molar-refractivity contribution in [3.63, 3.8) is 0 Å². The summed E-state index contributed by atoms with van der Waals surface area (Å²) in [5.74, 6) is -0.0232. The van der Waals surface area contributed by atoms with Crippen molar-refractivity contribution in [1.29, 1.82) is 0 Å². The molecule has 2 N–H and O–H groups in total. The van der Waals surface area contributed by atoms with Crippen molar-refractivity contribution in [1.82, 2.24) is 10.2 Å². The fourth-order valence-corrected chi connectivity index (χ4v) is 4.54. The molecule has 1 heterocycles. The average Bonchev–Trinajstić information content (AvgIpc) is 3.35. The molecule has 0 saturated carbocycles. The normalized spacial score (nSPS) is 13.5. The molecule has 0 unspecified atom stereocenters. The highest BCUT2D eigenvalue weighted by Gasteiger charge is 2.20. The Morgan fingerprint density at radius 1 is 0.912 bits per heavy atom. The van der Waals surface area contributed by atoms with Crippen LogP contribution in [-0.2, 0) is 4.79 Å². The minimum Gasteiger partial charge on any atom is -0.371 e. The lowest BCUT2D eigenvalue weighted by molar-refractivity contribution is -0.116. The van der Waals surface area contributed by atoms with Gasteiger partial charge in [0.1, 0.15) is 0 Å². The Morgan fingerprint density at radius 2 is 1.56 bits per heavy atom. The van der Waals surface area contributed by atoms with Gasteiger partial charge in [0.2, 0.25) is 5.91 Å². The van der Waals surface area contributed by atoms with Gasteiger partial charge in [-0.2, -0.15) is 0 Å². The van der Waals surface area contributed by atoms with Crippen molar-refractivity contribution in [2.75, 3.05) is 50.5 Å². The second kappa shape index (κ2) is 16.5. The summed E-state index contributed by atoms with van der Waals surface area (Å²) in [6.07, 6.45) is 14.9. The molecule has 6 nitrogen and oxygen atoms in total. The summed E-state index contributed by atoms with van der Waals surface area (Å²) in [4.78, 5) is 29.9. The summed E-state index contributed by atoms with van der Waals surface area (Å²) in [6, 6.07) is 5.78. The third-order valence-corrected chi connectivity index (χ3v) is 6.55. The van der Waals surface area contributed by atoms with Gasteiger partial charge in [0.05, 0.1) is 5.56 Å². The molecule has 1 aromatic carbocycles. The quantitative estimate of drug-likeness (QED) is 0.280. The maximum absolute atomic E-state index is 13.0. The van der Waals surface area contributed by atoms with E-state index in [1.54, 1.807) is 0 Å². The van der Waals surface area contributed by atoms with Crippen LogP contribution in [0.25, 0.3) is 0 Å². The highest BCUT2D eigenvalue weighted by atomic mass is 16.2. The molecule has 0 atom stereocenters. The number of anilines is 2. The fourth-order valence-electron chi connectivity index (χ4n) is 4.54. The number of carbonyl (C=O) groups is 2. The summed E-state index contributed by atoms with van der Waals surface area (Å²) in [6.45, 7) is 5.78. The number of hydrogen-bond acceptors (Lipinski definition) is 4. The van der Waals surface area contributed by atoms with E-state index in [2.05, 4.69) is 27.4 Å². The van der Waals surface area contributed by atoms with E-state index < -0.39 is 0 Å². The second-order valence-corrected chi connectivity index (χ2v) is 9.97. The summed E-state index contributed by atoms with van der Waals surface area (Å²) in [5.41, 5.74) is 2.34. The van der Waals surface area contributed by atoms with Gasteiger partial charge in [-0.3, -0.25) is 9.59 Å². The Labute approximate surface area is 207 Å². The zero-order chi connectivity index (χ0) is 24.6. The third kappa shape index (κ3) is 10.9. The SMILES string of the molecule is CCCCCCCCCCCC(=O)Nc1ccc(N2CCCC2)c(C(=O)NCCCN(C)C)c1. The molecule has 0 bridgehead atoms. The molecule has 0 aliphatic carbocycles. The Balaban J connectivity index is 1.83. The van der Waals surface area contributed by atoms with Crippen molar-refractivity contribution in [2.45, 2.75) is 90.4 Å². The van der Waals surface area contributed by atoms with Gasteiger partial charge in [0.25, 0.3) is 5.91 Å². The first-order valence-electron chi connectivity index (χ1n) is 13.6.